The number of ether oxygens (including phenoxy) is 1. The Morgan fingerprint density at radius 3 is 2.38 bits per heavy atom. The minimum absolute atomic E-state index is 0.0378. The first-order valence-corrected chi connectivity index (χ1v) is 11.7. The Labute approximate surface area is 210 Å². The fourth-order valence-electron chi connectivity index (χ4n) is 3.88. The van der Waals surface area contributed by atoms with E-state index in [9.17, 15) is 14.4 Å². The number of aromatic nitrogens is 2. The molecule has 10 heteroatoms. The van der Waals surface area contributed by atoms with Crippen molar-refractivity contribution in [3.05, 3.63) is 90.5 Å². The Morgan fingerprint density at radius 2 is 1.74 bits per heavy atom. The molecule has 0 N–H and O–H groups in total. The Bertz CT molecular complexity index is 1340. The van der Waals surface area contributed by atoms with Crippen molar-refractivity contribution >= 4 is 46.7 Å². The monoisotopic (exact) mass is 519 g/mol. The summed E-state index contributed by atoms with van der Waals surface area (Å²) in [6, 6.07) is 10.8. The van der Waals surface area contributed by atoms with Crippen LogP contribution < -0.4 is 5.56 Å². The number of rotatable bonds is 4. The molecule has 3 aromatic rings. The van der Waals surface area contributed by atoms with E-state index in [0.717, 1.165) is 0 Å². The zero-order chi connectivity index (χ0) is 24.6. The second kappa shape index (κ2) is 9.78. The number of esters is 1. The Balaban J connectivity index is 1.66. The van der Waals surface area contributed by atoms with Gasteiger partial charge in [-0.25, -0.2) is 9.78 Å². The third-order valence-electron chi connectivity index (χ3n) is 5.64. The van der Waals surface area contributed by atoms with Gasteiger partial charge in [0.05, 0.1) is 40.1 Å². The maximum Gasteiger partial charge on any atom is 0.338 e. The molecular formula is C24H20Cl3N3O4. The van der Waals surface area contributed by atoms with Crippen LogP contribution in [0.1, 0.15) is 45.8 Å². The molecule has 0 fully saturated rings. The molecule has 2 heterocycles. The van der Waals surface area contributed by atoms with Crippen LogP contribution in [0.2, 0.25) is 15.3 Å². The lowest BCUT2D eigenvalue weighted by Crippen LogP contribution is -2.45. The van der Waals surface area contributed by atoms with Gasteiger partial charge in [-0.3, -0.25) is 14.2 Å². The topological polar surface area (TPSA) is 81.5 Å². The predicted octanol–water partition coefficient (Wildman–Crippen LogP) is 4.96. The van der Waals surface area contributed by atoms with Crippen LogP contribution in [0.4, 0.5) is 0 Å². The van der Waals surface area contributed by atoms with Gasteiger partial charge < -0.3 is 9.64 Å². The molecule has 0 unspecified atom stereocenters. The number of amides is 1. The number of hydrogen-bond acceptors (Lipinski definition) is 5. The molecule has 1 aliphatic heterocycles. The number of fused-ring (bicyclic) bond motifs is 1. The molecule has 4 rings (SSSR count). The average molecular weight is 521 g/mol. The van der Waals surface area contributed by atoms with Crippen molar-refractivity contribution in [2.75, 3.05) is 6.61 Å². The van der Waals surface area contributed by atoms with E-state index in [-0.39, 0.29) is 41.0 Å². The predicted molar refractivity (Wildman–Crippen MR) is 130 cm³/mol. The summed E-state index contributed by atoms with van der Waals surface area (Å²) in [6.45, 7) is 3.99. The molecule has 0 aliphatic carbocycles. The Kier molecular flexibility index (Phi) is 6.98. The van der Waals surface area contributed by atoms with Crippen molar-refractivity contribution < 1.29 is 14.3 Å². The molecule has 176 valence electrons. The molecule has 1 atom stereocenters. The summed E-state index contributed by atoms with van der Waals surface area (Å²) < 4.78 is 6.28. The van der Waals surface area contributed by atoms with Crippen LogP contribution >= 0.6 is 34.8 Å². The van der Waals surface area contributed by atoms with Crippen LogP contribution in [-0.4, -0.2) is 39.0 Å². The van der Waals surface area contributed by atoms with Crippen molar-refractivity contribution in [2.24, 2.45) is 0 Å². The third-order valence-corrected chi connectivity index (χ3v) is 6.63. The Morgan fingerprint density at radius 1 is 1.06 bits per heavy atom. The molecule has 0 saturated heterocycles. The second-order valence-corrected chi connectivity index (χ2v) is 8.98. The molecule has 2 aromatic carbocycles. The lowest BCUT2D eigenvalue weighted by atomic mass is 9.98. The fraction of sp³-hybridized carbons (Fsp3) is 0.250. The van der Waals surface area contributed by atoms with Crippen LogP contribution in [0.25, 0.3) is 5.69 Å². The minimum Gasteiger partial charge on any atom is -0.462 e. The van der Waals surface area contributed by atoms with E-state index in [1.54, 1.807) is 48.2 Å². The lowest BCUT2D eigenvalue weighted by molar-refractivity contribution is 0.0526. The molecule has 0 saturated carbocycles. The Hall–Kier alpha value is -2.87. The van der Waals surface area contributed by atoms with E-state index in [4.69, 9.17) is 39.5 Å². The lowest BCUT2D eigenvalue weighted by Gasteiger charge is -2.34. The van der Waals surface area contributed by atoms with Crippen LogP contribution in [-0.2, 0) is 17.7 Å². The maximum absolute atomic E-state index is 13.3. The summed E-state index contributed by atoms with van der Waals surface area (Å²) in [5, 5.41) is 0.610. The van der Waals surface area contributed by atoms with E-state index in [0.29, 0.717) is 39.5 Å². The van der Waals surface area contributed by atoms with E-state index >= 15 is 0 Å². The van der Waals surface area contributed by atoms with Gasteiger partial charge in [0.2, 0.25) is 5.28 Å². The van der Waals surface area contributed by atoms with Crippen LogP contribution in [0, 0.1) is 0 Å². The van der Waals surface area contributed by atoms with Crippen molar-refractivity contribution in [3.8, 4) is 5.69 Å². The first-order valence-electron chi connectivity index (χ1n) is 10.5. The molecule has 0 spiro atoms. The van der Waals surface area contributed by atoms with Gasteiger partial charge in [0.1, 0.15) is 0 Å². The third kappa shape index (κ3) is 4.56. The summed E-state index contributed by atoms with van der Waals surface area (Å²) >= 11 is 18.4. The van der Waals surface area contributed by atoms with E-state index in [1.807, 2.05) is 6.92 Å². The molecule has 1 amide bonds. The van der Waals surface area contributed by atoms with Gasteiger partial charge in [-0.2, -0.15) is 0 Å². The molecular weight excluding hydrogens is 501 g/mol. The first kappa shape index (κ1) is 24.3. The van der Waals surface area contributed by atoms with Crippen LogP contribution in [0.3, 0.4) is 0 Å². The first-order chi connectivity index (χ1) is 16.2. The van der Waals surface area contributed by atoms with Crippen molar-refractivity contribution in [3.63, 3.8) is 0 Å². The highest BCUT2D eigenvalue weighted by Crippen LogP contribution is 2.27. The highest BCUT2D eigenvalue weighted by molar-refractivity contribution is 6.42. The highest BCUT2D eigenvalue weighted by atomic mass is 35.5. The van der Waals surface area contributed by atoms with Gasteiger partial charge in [-0.1, -0.05) is 23.2 Å². The number of nitrogens with zero attached hydrogens (tertiary/aromatic N) is 3. The van der Waals surface area contributed by atoms with Gasteiger partial charge in [-0.15, -0.1) is 0 Å². The number of carbonyl (C=O) groups is 2. The summed E-state index contributed by atoms with van der Waals surface area (Å²) in [6.07, 6.45) is 0.312. The van der Waals surface area contributed by atoms with Crippen molar-refractivity contribution in [2.45, 2.75) is 32.9 Å². The van der Waals surface area contributed by atoms with Crippen LogP contribution in [0.15, 0.2) is 47.3 Å². The standard InChI is InChI=1S/C24H20Cl3N3O4/c1-3-34-23(33)14-4-7-16(8-5-14)30-22(32)17-10-13(2)29(12-20(17)28-24(30)27)21(31)15-6-9-18(25)19(26)11-15/h4-9,11,13H,3,10,12H2,1-2H3/t13-/m1/s1. The smallest absolute Gasteiger partial charge is 0.338 e. The normalized spacial score (nSPS) is 15.1. The van der Waals surface area contributed by atoms with Gasteiger partial charge in [0, 0.05) is 17.2 Å². The second-order valence-electron chi connectivity index (χ2n) is 7.83. The van der Waals surface area contributed by atoms with Crippen molar-refractivity contribution in [1.29, 1.82) is 0 Å². The maximum atomic E-state index is 13.3. The quantitative estimate of drug-likeness (QED) is 0.359. The zero-order valence-electron chi connectivity index (χ0n) is 18.3. The summed E-state index contributed by atoms with van der Waals surface area (Å²) in [7, 11) is 0. The van der Waals surface area contributed by atoms with Gasteiger partial charge in [0.15, 0.2) is 0 Å². The highest BCUT2D eigenvalue weighted by Gasteiger charge is 2.31. The molecule has 1 aliphatic rings. The SMILES string of the molecule is CCOC(=O)c1ccc(-n2c(Cl)nc3c(c2=O)C[C@@H](C)N(C(=O)c2ccc(Cl)c(Cl)c2)C3)cc1. The number of carbonyl (C=O) groups excluding carboxylic acids is 2. The van der Waals surface area contributed by atoms with Gasteiger partial charge in [-0.05, 0) is 74.3 Å². The molecule has 34 heavy (non-hydrogen) atoms. The van der Waals surface area contributed by atoms with E-state index < -0.39 is 5.97 Å². The van der Waals surface area contributed by atoms with E-state index in [2.05, 4.69) is 4.98 Å². The molecule has 7 nitrogen and oxygen atoms in total. The minimum atomic E-state index is -0.448. The summed E-state index contributed by atoms with van der Waals surface area (Å²) in [5.41, 5.74) is 1.86. The summed E-state index contributed by atoms with van der Waals surface area (Å²) in [4.78, 5) is 44.4. The van der Waals surface area contributed by atoms with Crippen LogP contribution in [0.5, 0.6) is 0 Å². The van der Waals surface area contributed by atoms with Gasteiger partial charge >= 0.3 is 5.97 Å². The molecule has 1 aromatic heterocycles. The fourth-order valence-corrected chi connectivity index (χ4v) is 4.46. The largest absolute Gasteiger partial charge is 0.462 e. The van der Waals surface area contributed by atoms with Gasteiger partial charge in [0.25, 0.3) is 11.5 Å². The van der Waals surface area contributed by atoms with Crippen molar-refractivity contribution in [1.82, 2.24) is 14.5 Å². The summed E-state index contributed by atoms with van der Waals surface area (Å²) in [5.74, 6) is -0.690. The zero-order valence-corrected chi connectivity index (χ0v) is 20.6. The number of halogens is 3. The number of hydrogen-bond donors (Lipinski definition) is 0. The molecule has 0 bridgehead atoms. The molecule has 0 radical (unpaired) electrons. The van der Waals surface area contributed by atoms with E-state index in [1.165, 1.54) is 10.6 Å². The average Bonchev–Trinajstić information content (AvgIpc) is 2.81. The number of benzene rings is 2.